The second kappa shape index (κ2) is 8.51. The summed E-state index contributed by atoms with van der Waals surface area (Å²) in [6.45, 7) is 3.99. The zero-order valence-electron chi connectivity index (χ0n) is 16.5. The molecule has 1 atom stereocenters. The second-order valence-electron chi connectivity index (χ2n) is 6.80. The third-order valence-electron chi connectivity index (χ3n) is 4.83. The first kappa shape index (κ1) is 19.8. The van der Waals surface area contributed by atoms with Crippen molar-refractivity contribution in [2.45, 2.75) is 19.9 Å². The summed E-state index contributed by atoms with van der Waals surface area (Å²) in [6.07, 6.45) is 3.15. The number of furan rings is 1. The van der Waals surface area contributed by atoms with Crippen LogP contribution in [0.25, 0.3) is 0 Å². The summed E-state index contributed by atoms with van der Waals surface area (Å²) in [7, 11) is 0. The van der Waals surface area contributed by atoms with Crippen LogP contribution in [0.2, 0.25) is 0 Å². The van der Waals surface area contributed by atoms with Crippen LogP contribution < -0.4 is 10.6 Å². The number of carbonyl (C=O) groups is 1. The largest absolute Gasteiger partial charge is 0.459 e. The Bertz CT molecular complexity index is 1160. The molecule has 0 radical (unpaired) electrons. The number of aryl methyl sites for hydroxylation is 1. The molecule has 0 aliphatic carbocycles. The van der Waals surface area contributed by atoms with Gasteiger partial charge in [-0.05, 0) is 61.4 Å². The van der Waals surface area contributed by atoms with E-state index in [9.17, 15) is 9.18 Å². The molecule has 0 unspecified atom stereocenters. The van der Waals surface area contributed by atoms with Crippen LogP contribution in [0.15, 0.2) is 71.5 Å². The molecule has 1 aromatic carbocycles. The number of pyridine rings is 1. The van der Waals surface area contributed by atoms with E-state index in [0.717, 1.165) is 21.6 Å². The molecule has 0 saturated carbocycles. The Labute approximate surface area is 177 Å². The molecule has 3 heterocycles. The quantitative estimate of drug-likeness (QED) is 0.404. The highest BCUT2D eigenvalue weighted by Gasteiger charge is 2.26. The SMILES string of the molecule is Cc1sc(NC(=O)c2ccco2)c([C@@H](Nc2ccccn2)c2cccc(F)c2)c1C. The molecule has 30 heavy (non-hydrogen) atoms. The number of hydrogen-bond donors (Lipinski definition) is 2. The first-order valence-electron chi connectivity index (χ1n) is 9.40. The predicted octanol–water partition coefficient (Wildman–Crippen LogP) is 5.95. The van der Waals surface area contributed by atoms with Crippen LogP contribution in [-0.2, 0) is 0 Å². The Balaban J connectivity index is 1.79. The maximum Gasteiger partial charge on any atom is 0.291 e. The van der Waals surface area contributed by atoms with Gasteiger partial charge in [-0.3, -0.25) is 4.79 Å². The maximum absolute atomic E-state index is 14.1. The van der Waals surface area contributed by atoms with Gasteiger partial charge in [-0.1, -0.05) is 18.2 Å². The summed E-state index contributed by atoms with van der Waals surface area (Å²) in [4.78, 5) is 18.0. The van der Waals surface area contributed by atoms with E-state index in [1.54, 1.807) is 24.4 Å². The van der Waals surface area contributed by atoms with E-state index >= 15 is 0 Å². The van der Waals surface area contributed by atoms with E-state index in [1.165, 1.54) is 29.7 Å². The van der Waals surface area contributed by atoms with E-state index < -0.39 is 6.04 Å². The lowest BCUT2D eigenvalue weighted by atomic mass is 9.96. The van der Waals surface area contributed by atoms with E-state index in [2.05, 4.69) is 15.6 Å². The molecule has 1 amide bonds. The number of anilines is 2. The minimum Gasteiger partial charge on any atom is -0.459 e. The lowest BCUT2D eigenvalue weighted by Crippen LogP contribution is -2.17. The lowest BCUT2D eigenvalue weighted by Gasteiger charge is -2.22. The van der Waals surface area contributed by atoms with Gasteiger partial charge in [-0.15, -0.1) is 11.3 Å². The first-order chi connectivity index (χ1) is 14.5. The fourth-order valence-corrected chi connectivity index (χ4v) is 4.36. The zero-order valence-corrected chi connectivity index (χ0v) is 17.3. The van der Waals surface area contributed by atoms with Gasteiger partial charge in [-0.2, -0.15) is 0 Å². The minimum atomic E-state index is -0.410. The molecule has 3 aromatic heterocycles. The summed E-state index contributed by atoms with van der Waals surface area (Å²) in [6, 6.07) is 14.9. The number of benzene rings is 1. The Morgan fingerprint density at radius 2 is 2.00 bits per heavy atom. The number of rotatable bonds is 6. The van der Waals surface area contributed by atoms with Crippen LogP contribution in [0.4, 0.5) is 15.2 Å². The average Bonchev–Trinajstić information content (AvgIpc) is 3.37. The van der Waals surface area contributed by atoms with Crippen LogP contribution in [0.3, 0.4) is 0 Å². The van der Waals surface area contributed by atoms with Crippen molar-refractivity contribution in [3.63, 3.8) is 0 Å². The van der Waals surface area contributed by atoms with Crippen molar-refractivity contribution in [2.75, 3.05) is 10.6 Å². The van der Waals surface area contributed by atoms with Crippen LogP contribution in [0, 0.1) is 19.7 Å². The highest BCUT2D eigenvalue weighted by molar-refractivity contribution is 7.16. The van der Waals surface area contributed by atoms with Crippen LogP contribution in [0.1, 0.15) is 38.2 Å². The lowest BCUT2D eigenvalue weighted by molar-refractivity contribution is 0.0997. The van der Waals surface area contributed by atoms with Crippen molar-refractivity contribution in [2.24, 2.45) is 0 Å². The van der Waals surface area contributed by atoms with Crippen molar-refractivity contribution in [3.8, 4) is 0 Å². The molecule has 0 aliphatic rings. The van der Waals surface area contributed by atoms with E-state index in [4.69, 9.17) is 4.42 Å². The van der Waals surface area contributed by atoms with Gasteiger partial charge in [-0.25, -0.2) is 9.37 Å². The first-order valence-corrected chi connectivity index (χ1v) is 10.2. The number of aromatic nitrogens is 1. The molecule has 0 spiro atoms. The Morgan fingerprint density at radius 1 is 1.13 bits per heavy atom. The third kappa shape index (κ3) is 4.11. The molecule has 152 valence electrons. The van der Waals surface area contributed by atoms with Crippen LogP contribution in [-0.4, -0.2) is 10.9 Å². The highest BCUT2D eigenvalue weighted by Crippen LogP contribution is 2.41. The molecule has 0 bridgehead atoms. The molecular formula is C23H20FN3O2S. The second-order valence-corrected chi connectivity index (χ2v) is 8.03. The topological polar surface area (TPSA) is 67.2 Å². The monoisotopic (exact) mass is 421 g/mol. The van der Waals surface area contributed by atoms with Crippen molar-refractivity contribution in [1.29, 1.82) is 0 Å². The van der Waals surface area contributed by atoms with Crippen LogP contribution in [0.5, 0.6) is 0 Å². The van der Waals surface area contributed by atoms with E-state index in [-0.39, 0.29) is 17.5 Å². The van der Waals surface area contributed by atoms with Gasteiger partial charge in [0.1, 0.15) is 16.6 Å². The molecule has 0 aliphatic heterocycles. The van der Waals surface area contributed by atoms with Gasteiger partial charge in [0.15, 0.2) is 5.76 Å². The summed E-state index contributed by atoms with van der Waals surface area (Å²) in [5, 5.41) is 7.04. The van der Waals surface area contributed by atoms with Gasteiger partial charge in [0.05, 0.1) is 12.3 Å². The number of halogens is 1. The fraction of sp³-hybridized carbons (Fsp3) is 0.130. The third-order valence-corrected chi connectivity index (χ3v) is 5.97. The number of hydrogen-bond acceptors (Lipinski definition) is 5. The number of nitrogens with zero attached hydrogens (tertiary/aromatic N) is 1. The molecular weight excluding hydrogens is 401 g/mol. The number of nitrogens with one attached hydrogen (secondary N) is 2. The van der Waals surface area contributed by atoms with Crippen molar-refractivity contribution >= 4 is 28.1 Å². The van der Waals surface area contributed by atoms with E-state index in [1.807, 2.05) is 38.1 Å². The standard InChI is InChI=1S/C23H20FN3O2S/c1-14-15(2)30-23(27-22(28)18-9-6-12-29-18)20(14)21(16-7-5-8-17(24)13-16)26-19-10-3-4-11-25-19/h3-13,21H,1-2H3,(H,25,26)(H,27,28)/t21-/m0/s1. The van der Waals surface area contributed by atoms with Crippen molar-refractivity contribution in [1.82, 2.24) is 4.98 Å². The molecule has 2 N–H and O–H groups in total. The summed E-state index contributed by atoms with van der Waals surface area (Å²) in [5.74, 6) is 0.215. The van der Waals surface area contributed by atoms with E-state index in [0.29, 0.717) is 10.8 Å². The summed E-state index contributed by atoms with van der Waals surface area (Å²) in [5.41, 5.74) is 2.62. The van der Waals surface area contributed by atoms with Gasteiger partial charge < -0.3 is 15.1 Å². The Kier molecular flexibility index (Phi) is 5.63. The van der Waals surface area contributed by atoms with Gasteiger partial charge in [0.25, 0.3) is 5.91 Å². The molecule has 5 nitrogen and oxygen atoms in total. The fourth-order valence-electron chi connectivity index (χ4n) is 3.26. The Hall–Kier alpha value is -3.45. The molecule has 4 rings (SSSR count). The smallest absolute Gasteiger partial charge is 0.291 e. The Morgan fingerprint density at radius 3 is 2.70 bits per heavy atom. The normalized spacial score (nSPS) is 11.8. The van der Waals surface area contributed by atoms with Gasteiger partial charge >= 0.3 is 0 Å². The maximum atomic E-state index is 14.1. The summed E-state index contributed by atoms with van der Waals surface area (Å²) >= 11 is 1.48. The van der Waals surface area contributed by atoms with Gasteiger partial charge in [0.2, 0.25) is 0 Å². The number of thiophene rings is 1. The molecule has 4 aromatic rings. The van der Waals surface area contributed by atoms with Crippen LogP contribution >= 0.6 is 11.3 Å². The highest BCUT2D eigenvalue weighted by atomic mass is 32.1. The predicted molar refractivity (Wildman–Crippen MR) is 117 cm³/mol. The van der Waals surface area contributed by atoms with Crippen molar-refractivity contribution < 1.29 is 13.6 Å². The molecule has 0 saturated heterocycles. The zero-order chi connectivity index (χ0) is 21.1. The molecule has 7 heteroatoms. The number of amides is 1. The van der Waals surface area contributed by atoms with Crippen molar-refractivity contribution in [3.05, 3.63) is 100 Å². The number of carbonyl (C=O) groups excluding carboxylic acids is 1. The van der Waals surface area contributed by atoms with Gasteiger partial charge in [0, 0.05) is 16.6 Å². The average molecular weight is 421 g/mol. The molecule has 0 fully saturated rings. The minimum absolute atomic E-state index is 0.227. The summed E-state index contributed by atoms with van der Waals surface area (Å²) < 4.78 is 19.3.